The van der Waals surface area contributed by atoms with Gasteiger partial charge < -0.3 is 10.1 Å². The van der Waals surface area contributed by atoms with Gasteiger partial charge in [0, 0.05) is 16.8 Å². The molecule has 3 rings (SSSR count). The van der Waals surface area contributed by atoms with Gasteiger partial charge in [0.05, 0.1) is 7.11 Å². The third kappa shape index (κ3) is 2.63. The van der Waals surface area contributed by atoms with Crippen LogP contribution in [0.15, 0.2) is 22.7 Å². The lowest BCUT2D eigenvalue weighted by atomic mass is 9.89. The summed E-state index contributed by atoms with van der Waals surface area (Å²) in [5.74, 6) is 1.48. The van der Waals surface area contributed by atoms with E-state index in [9.17, 15) is 4.79 Å². The maximum Gasteiger partial charge on any atom is 0.140 e. The molecule has 2 fully saturated rings. The number of benzene rings is 1. The Kier molecular flexibility index (Phi) is 3.87. The highest BCUT2D eigenvalue weighted by Gasteiger charge is 2.56. The first kappa shape index (κ1) is 14.1. The van der Waals surface area contributed by atoms with E-state index in [4.69, 9.17) is 4.74 Å². The molecule has 0 amide bonds. The molecule has 1 spiro atoms. The minimum Gasteiger partial charge on any atom is -0.497 e. The third-order valence-corrected chi connectivity index (χ3v) is 5.57. The molecule has 0 bridgehead atoms. The Labute approximate surface area is 128 Å². The number of hydrogen-bond donors (Lipinski definition) is 1. The molecule has 1 unspecified atom stereocenters. The fourth-order valence-electron chi connectivity index (χ4n) is 3.40. The quantitative estimate of drug-likeness (QED) is 0.917. The van der Waals surface area contributed by atoms with Crippen LogP contribution in [0.5, 0.6) is 5.75 Å². The second-order valence-electron chi connectivity index (χ2n) is 5.97. The van der Waals surface area contributed by atoms with E-state index in [1.54, 1.807) is 7.11 Å². The standard InChI is InChI=1S/C16H20BrNO2/c1-20-12-2-3-14(17)11(8-12)9-15(19)13-10-16(13)4-6-18-7-5-16/h2-3,8,13,18H,4-7,9-10H2,1H3. The van der Waals surface area contributed by atoms with Gasteiger partial charge in [-0.3, -0.25) is 4.79 Å². The normalized spacial score (nSPS) is 23.6. The molecule has 1 aliphatic carbocycles. The van der Waals surface area contributed by atoms with Gasteiger partial charge in [0.2, 0.25) is 0 Å². The first-order valence-corrected chi connectivity index (χ1v) is 8.00. The molecule has 1 heterocycles. The van der Waals surface area contributed by atoms with Gasteiger partial charge in [0.25, 0.3) is 0 Å². The Hall–Kier alpha value is -0.870. The number of rotatable bonds is 4. The summed E-state index contributed by atoms with van der Waals surface area (Å²) >= 11 is 3.53. The largest absolute Gasteiger partial charge is 0.497 e. The van der Waals surface area contributed by atoms with Crippen molar-refractivity contribution in [2.24, 2.45) is 11.3 Å². The first-order chi connectivity index (χ1) is 9.64. The average molecular weight is 338 g/mol. The van der Waals surface area contributed by atoms with Crippen LogP contribution in [0.25, 0.3) is 0 Å². The fraction of sp³-hybridized carbons (Fsp3) is 0.562. The molecule has 1 aromatic carbocycles. The smallest absolute Gasteiger partial charge is 0.140 e. The van der Waals surface area contributed by atoms with Crippen LogP contribution >= 0.6 is 15.9 Å². The Morgan fingerprint density at radius 3 is 2.90 bits per heavy atom. The van der Waals surface area contributed by atoms with E-state index in [0.29, 0.717) is 17.6 Å². The molecule has 4 heteroatoms. The number of nitrogens with one attached hydrogen (secondary N) is 1. The van der Waals surface area contributed by atoms with E-state index < -0.39 is 0 Å². The van der Waals surface area contributed by atoms with Crippen molar-refractivity contribution < 1.29 is 9.53 Å². The number of methoxy groups -OCH3 is 1. The summed E-state index contributed by atoms with van der Waals surface area (Å²) in [6.07, 6.45) is 3.91. The summed E-state index contributed by atoms with van der Waals surface area (Å²) < 4.78 is 6.23. The van der Waals surface area contributed by atoms with E-state index >= 15 is 0 Å². The topological polar surface area (TPSA) is 38.3 Å². The van der Waals surface area contributed by atoms with Gasteiger partial charge in [-0.1, -0.05) is 15.9 Å². The predicted octanol–water partition coefficient (Wildman–Crippen LogP) is 2.96. The van der Waals surface area contributed by atoms with Crippen molar-refractivity contribution in [3.63, 3.8) is 0 Å². The molecule has 1 aromatic rings. The number of piperidine rings is 1. The van der Waals surface area contributed by atoms with E-state index in [2.05, 4.69) is 21.2 Å². The van der Waals surface area contributed by atoms with Gasteiger partial charge in [-0.05, 0) is 61.5 Å². The number of carbonyl (C=O) groups excluding carboxylic acids is 1. The third-order valence-electron chi connectivity index (χ3n) is 4.80. The van der Waals surface area contributed by atoms with Gasteiger partial charge >= 0.3 is 0 Å². The summed E-state index contributed by atoms with van der Waals surface area (Å²) in [7, 11) is 1.65. The fourth-order valence-corrected chi connectivity index (χ4v) is 3.79. The van der Waals surface area contributed by atoms with Crippen LogP contribution in [-0.2, 0) is 11.2 Å². The number of ketones is 1. The van der Waals surface area contributed by atoms with Crippen LogP contribution in [0.1, 0.15) is 24.8 Å². The monoisotopic (exact) mass is 337 g/mol. The summed E-state index contributed by atoms with van der Waals surface area (Å²) in [4.78, 5) is 12.5. The van der Waals surface area contributed by atoms with Crippen molar-refractivity contribution in [1.82, 2.24) is 5.32 Å². The van der Waals surface area contributed by atoms with E-state index in [-0.39, 0.29) is 5.92 Å². The van der Waals surface area contributed by atoms with Crippen LogP contribution < -0.4 is 10.1 Å². The van der Waals surface area contributed by atoms with Crippen LogP contribution in [0.2, 0.25) is 0 Å². The summed E-state index contributed by atoms with van der Waals surface area (Å²) in [6, 6.07) is 5.82. The molecule has 1 atom stereocenters. The number of Topliss-reactive ketones (excluding diaryl/α,β-unsaturated/α-hetero) is 1. The van der Waals surface area contributed by atoms with E-state index in [1.165, 1.54) is 0 Å². The van der Waals surface area contributed by atoms with Gasteiger partial charge in [-0.15, -0.1) is 0 Å². The van der Waals surface area contributed by atoms with Gasteiger partial charge in [-0.25, -0.2) is 0 Å². The Morgan fingerprint density at radius 2 is 2.20 bits per heavy atom. The van der Waals surface area contributed by atoms with Gasteiger partial charge in [-0.2, -0.15) is 0 Å². The molecular formula is C16H20BrNO2. The minimum atomic E-state index is 0.280. The number of carbonyl (C=O) groups is 1. The Morgan fingerprint density at radius 1 is 1.45 bits per heavy atom. The molecular weight excluding hydrogens is 318 g/mol. The SMILES string of the molecule is COc1ccc(Br)c(CC(=O)C2CC23CCNCC3)c1. The van der Waals surface area contributed by atoms with Crippen molar-refractivity contribution in [2.45, 2.75) is 25.7 Å². The molecule has 1 saturated carbocycles. The van der Waals surface area contributed by atoms with Crippen LogP contribution in [0, 0.1) is 11.3 Å². The molecule has 1 N–H and O–H groups in total. The first-order valence-electron chi connectivity index (χ1n) is 7.20. The maximum absolute atomic E-state index is 12.5. The summed E-state index contributed by atoms with van der Waals surface area (Å²) in [5, 5.41) is 3.38. The van der Waals surface area contributed by atoms with Crippen molar-refractivity contribution >= 4 is 21.7 Å². The van der Waals surface area contributed by atoms with Crippen LogP contribution in [0.4, 0.5) is 0 Å². The highest BCUT2D eigenvalue weighted by atomic mass is 79.9. The zero-order chi connectivity index (χ0) is 14.2. The molecule has 1 aliphatic heterocycles. The lowest BCUT2D eigenvalue weighted by Crippen LogP contribution is -2.31. The zero-order valence-corrected chi connectivity index (χ0v) is 13.3. The van der Waals surface area contributed by atoms with Crippen molar-refractivity contribution in [2.75, 3.05) is 20.2 Å². The van der Waals surface area contributed by atoms with Crippen LogP contribution in [-0.4, -0.2) is 26.0 Å². The zero-order valence-electron chi connectivity index (χ0n) is 11.7. The minimum absolute atomic E-state index is 0.280. The second kappa shape index (κ2) is 5.49. The summed E-state index contributed by atoms with van der Waals surface area (Å²) in [6.45, 7) is 2.12. The Bertz CT molecular complexity index is 523. The molecule has 108 valence electrons. The molecule has 20 heavy (non-hydrogen) atoms. The van der Waals surface area contributed by atoms with Crippen molar-refractivity contribution in [1.29, 1.82) is 0 Å². The lowest BCUT2D eigenvalue weighted by molar-refractivity contribution is -0.120. The van der Waals surface area contributed by atoms with Crippen molar-refractivity contribution in [3.05, 3.63) is 28.2 Å². The number of halogens is 1. The van der Waals surface area contributed by atoms with E-state index in [0.717, 1.165) is 48.1 Å². The van der Waals surface area contributed by atoms with Gasteiger partial charge in [0.1, 0.15) is 11.5 Å². The molecule has 0 aromatic heterocycles. The molecule has 3 nitrogen and oxygen atoms in total. The highest BCUT2D eigenvalue weighted by Crippen LogP contribution is 2.59. The maximum atomic E-state index is 12.5. The molecule has 2 aliphatic rings. The average Bonchev–Trinajstić information content (AvgIpc) is 3.15. The highest BCUT2D eigenvalue weighted by molar-refractivity contribution is 9.10. The Balaban J connectivity index is 1.68. The van der Waals surface area contributed by atoms with Crippen LogP contribution in [0.3, 0.4) is 0 Å². The summed E-state index contributed by atoms with van der Waals surface area (Å²) in [5.41, 5.74) is 1.36. The predicted molar refractivity (Wildman–Crippen MR) is 82.0 cm³/mol. The number of ether oxygens (including phenoxy) is 1. The van der Waals surface area contributed by atoms with Crippen molar-refractivity contribution in [3.8, 4) is 5.75 Å². The lowest BCUT2D eigenvalue weighted by Gasteiger charge is -2.23. The number of hydrogen-bond acceptors (Lipinski definition) is 3. The van der Waals surface area contributed by atoms with E-state index in [1.807, 2.05) is 18.2 Å². The second-order valence-corrected chi connectivity index (χ2v) is 6.82. The molecule has 1 saturated heterocycles. The molecule has 0 radical (unpaired) electrons. The van der Waals surface area contributed by atoms with Gasteiger partial charge in [0.15, 0.2) is 0 Å².